The highest BCUT2D eigenvalue weighted by Crippen LogP contribution is 2.35. The molecular weight excluding hydrogens is 217 g/mol. The Morgan fingerprint density at radius 2 is 1.88 bits per heavy atom. The van der Waals surface area contributed by atoms with Crippen molar-refractivity contribution in [1.29, 1.82) is 0 Å². The lowest BCUT2D eigenvalue weighted by Gasteiger charge is -2.15. The molecule has 1 aromatic carbocycles. The molecule has 1 rings (SSSR count). The highest BCUT2D eigenvalue weighted by Gasteiger charge is 2.33. The lowest BCUT2D eigenvalue weighted by molar-refractivity contribution is -0.137. The van der Waals surface area contributed by atoms with Gasteiger partial charge in [-0.1, -0.05) is 11.6 Å². The van der Waals surface area contributed by atoms with Crippen LogP contribution in [-0.4, -0.2) is 20.1 Å². The second kappa shape index (κ2) is 5.21. The first-order valence-electron chi connectivity index (χ1n) is 5.01. The maximum atomic E-state index is 12.7. The van der Waals surface area contributed by atoms with E-state index in [0.717, 1.165) is 6.07 Å². The van der Waals surface area contributed by atoms with Crippen molar-refractivity contribution >= 4 is 5.69 Å². The second-order valence-corrected chi connectivity index (χ2v) is 3.58. The van der Waals surface area contributed by atoms with Crippen molar-refractivity contribution in [3.63, 3.8) is 0 Å². The number of likely N-dealkylation sites (N-methyl/N-ethyl adjacent to an activating group) is 1. The smallest absolute Gasteiger partial charge is 0.383 e. The van der Waals surface area contributed by atoms with Crippen LogP contribution in [0, 0.1) is 6.92 Å². The largest absolute Gasteiger partial charge is 0.418 e. The number of halogens is 3. The van der Waals surface area contributed by atoms with Gasteiger partial charge in [0.1, 0.15) is 0 Å². The predicted octanol–water partition coefficient (Wildman–Crippen LogP) is 2.65. The van der Waals surface area contributed by atoms with Gasteiger partial charge in [-0.25, -0.2) is 0 Å². The average molecular weight is 232 g/mol. The lowest BCUT2D eigenvalue weighted by Crippen LogP contribution is -2.19. The SMILES string of the molecule is CNCCNc1ccc(C)cc1C(F)(F)F. The summed E-state index contributed by atoms with van der Waals surface area (Å²) >= 11 is 0. The number of alkyl halides is 3. The molecule has 0 bridgehead atoms. The number of nitrogens with one attached hydrogen (secondary N) is 2. The van der Waals surface area contributed by atoms with E-state index in [2.05, 4.69) is 10.6 Å². The minimum absolute atomic E-state index is 0.133. The molecule has 0 fully saturated rings. The van der Waals surface area contributed by atoms with Crippen LogP contribution < -0.4 is 10.6 Å². The van der Waals surface area contributed by atoms with E-state index in [9.17, 15) is 13.2 Å². The van der Waals surface area contributed by atoms with Crippen LogP contribution in [0.25, 0.3) is 0 Å². The standard InChI is InChI=1S/C11H15F3N2/c1-8-3-4-10(16-6-5-15-2)9(7-8)11(12,13)14/h3-4,7,15-16H,5-6H2,1-2H3. The molecule has 2 N–H and O–H groups in total. The molecule has 0 aromatic heterocycles. The van der Waals surface area contributed by atoms with Crippen molar-refractivity contribution in [3.8, 4) is 0 Å². The first-order valence-corrected chi connectivity index (χ1v) is 5.01. The molecule has 0 heterocycles. The Kier molecular flexibility index (Phi) is 4.18. The number of hydrogen-bond donors (Lipinski definition) is 2. The van der Waals surface area contributed by atoms with Crippen molar-refractivity contribution in [2.75, 3.05) is 25.5 Å². The lowest BCUT2D eigenvalue weighted by atomic mass is 10.1. The molecule has 90 valence electrons. The average Bonchev–Trinajstić information content (AvgIpc) is 2.19. The molecule has 0 saturated carbocycles. The van der Waals surface area contributed by atoms with E-state index in [1.165, 1.54) is 6.07 Å². The van der Waals surface area contributed by atoms with Crippen LogP contribution in [0.15, 0.2) is 18.2 Å². The predicted molar refractivity (Wildman–Crippen MR) is 58.6 cm³/mol. The third-order valence-corrected chi connectivity index (χ3v) is 2.17. The van der Waals surface area contributed by atoms with Gasteiger partial charge in [-0.2, -0.15) is 13.2 Å². The third-order valence-electron chi connectivity index (χ3n) is 2.17. The molecule has 0 saturated heterocycles. The van der Waals surface area contributed by atoms with Crippen LogP contribution in [-0.2, 0) is 6.18 Å². The number of hydrogen-bond acceptors (Lipinski definition) is 2. The summed E-state index contributed by atoms with van der Waals surface area (Å²) in [6, 6.07) is 4.28. The maximum Gasteiger partial charge on any atom is 0.418 e. The summed E-state index contributed by atoms with van der Waals surface area (Å²) in [5, 5.41) is 5.63. The summed E-state index contributed by atoms with van der Waals surface area (Å²) in [5.74, 6) is 0. The molecule has 0 amide bonds. The van der Waals surface area contributed by atoms with Crippen LogP contribution in [0.1, 0.15) is 11.1 Å². The van der Waals surface area contributed by atoms with Gasteiger partial charge < -0.3 is 10.6 Å². The van der Waals surface area contributed by atoms with E-state index >= 15 is 0 Å². The summed E-state index contributed by atoms with van der Waals surface area (Å²) in [4.78, 5) is 0. The normalized spacial score (nSPS) is 11.6. The van der Waals surface area contributed by atoms with Gasteiger partial charge in [0.2, 0.25) is 0 Å². The van der Waals surface area contributed by atoms with Gasteiger partial charge in [-0.05, 0) is 26.1 Å². The Bertz CT molecular complexity index is 348. The number of anilines is 1. The zero-order valence-corrected chi connectivity index (χ0v) is 9.28. The minimum atomic E-state index is -4.31. The number of rotatable bonds is 4. The van der Waals surface area contributed by atoms with E-state index < -0.39 is 11.7 Å². The zero-order chi connectivity index (χ0) is 12.2. The molecule has 1 aromatic rings. The van der Waals surface area contributed by atoms with Crippen molar-refractivity contribution in [1.82, 2.24) is 5.32 Å². The van der Waals surface area contributed by atoms with Crippen LogP contribution in [0.5, 0.6) is 0 Å². The van der Waals surface area contributed by atoms with Crippen molar-refractivity contribution in [3.05, 3.63) is 29.3 Å². The Morgan fingerprint density at radius 3 is 2.44 bits per heavy atom. The van der Waals surface area contributed by atoms with E-state index in [1.807, 2.05) is 0 Å². The van der Waals surface area contributed by atoms with E-state index in [-0.39, 0.29) is 5.69 Å². The third kappa shape index (κ3) is 3.41. The van der Waals surface area contributed by atoms with Gasteiger partial charge in [-0.15, -0.1) is 0 Å². The Morgan fingerprint density at radius 1 is 1.19 bits per heavy atom. The molecule has 0 radical (unpaired) electrons. The van der Waals surface area contributed by atoms with Crippen LogP contribution >= 0.6 is 0 Å². The minimum Gasteiger partial charge on any atom is -0.383 e. The molecule has 0 spiro atoms. The Hall–Kier alpha value is -1.23. The Labute approximate surface area is 92.9 Å². The molecule has 0 atom stereocenters. The summed E-state index contributed by atoms with van der Waals surface area (Å²) in [6.07, 6.45) is -4.31. The van der Waals surface area contributed by atoms with E-state index in [1.54, 1.807) is 20.0 Å². The molecular formula is C11H15F3N2. The first kappa shape index (κ1) is 12.8. The van der Waals surface area contributed by atoms with Crippen LogP contribution in [0.4, 0.5) is 18.9 Å². The molecule has 0 unspecified atom stereocenters. The molecule has 0 aliphatic rings. The summed E-state index contributed by atoms with van der Waals surface area (Å²) in [6.45, 7) is 2.72. The first-order chi connectivity index (χ1) is 7.45. The van der Waals surface area contributed by atoms with Crippen LogP contribution in [0.2, 0.25) is 0 Å². The fourth-order valence-electron chi connectivity index (χ4n) is 1.37. The molecule has 16 heavy (non-hydrogen) atoms. The quantitative estimate of drug-likeness (QED) is 0.780. The zero-order valence-electron chi connectivity index (χ0n) is 9.28. The molecule has 0 aliphatic carbocycles. The van der Waals surface area contributed by atoms with Crippen molar-refractivity contribution < 1.29 is 13.2 Å². The van der Waals surface area contributed by atoms with Crippen molar-refractivity contribution in [2.24, 2.45) is 0 Å². The number of benzene rings is 1. The van der Waals surface area contributed by atoms with Gasteiger partial charge in [0.15, 0.2) is 0 Å². The summed E-state index contributed by atoms with van der Waals surface area (Å²) in [7, 11) is 1.75. The highest BCUT2D eigenvalue weighted by atomic mass is 19.4. The van der Waals surface area contributed by atoms with E-state index in [0.29, 0.717) is 18.7 Å². The molecule has 0 aliphatic heterocycles. The van der Waals surface area contributed by atoms with Gasteiger partial charge in [0.05, 0.1) is 5.56 Å². The molecule has 2 nitrogen and oxygen atoms in total. The number of aryl methyl sites for hydroxylation is 1. The van der Waals surface area contributed by atoms with Crippen molar-refractivity contribution in [2.45, 2.75) is 13.1 Å². The van der Waals surface area contributed by atoms with Gasteiger partial charge in [0.25, 0.3) is 0 Å². The van der Waals surface area contributed by atoms with Gasteiger partial charge in [0, 0.05) is 18.8 Å². The van der Waals surface area contributed by atoms with Gasteiger partial charge >= 0.3 is 6.18 Å². The fraction of sp³-hybridized carbons (Fsp3) is 0.455. The monoisotopic (exact) mass is 232 g/mol. The topological polar surface area (TPSA) is 24.1 Å². The van der Waals surface area contributed by atoms with E-state index in [4.69, 9.17) is 0 Å². The molecule has 5 heteroatoms. The highest BCUT2D eigenvalue weighted by molar-refractivity contribution is 5.54. The Balaban J connectivity index is 2.90. The fourth-order valence-corrected chi connectivity index (χ4v) is 1.37. The maximum absolute atomic E-state index is 12.7. The second-order valence-electron chi connectivity index (χ2n) is 3.58. The van der Waals surface area contributed by atoms with Crippen LogP contribution in [0.3, 0.4) is 0 Å². The summed E-state index contributed by atoms with van der Waals surface area (Å²) < 4.78 is 38.0. The summed E-state index contributed by atoms with van der Waals surface area (Å²) in [5.41, 5.74) is 0.128. The van der Waals surface area contributed by atoms with Gasteiger partial charge in [-0.3, -0.25) is 0 Å².